The van der Waals surface area contributed by atoms with Gasteiger partial charge in [0.15, 0.2) is 0 Å². The van der Waals surface area contributed by atoms with Crippen LogP contribution in [0.25, 0.3) is 0 Å². The molecule has 3 N–H and O–H groups in total. The Balaban J connectivity index is 0.00000128. The molecule has 0 aromatic carbocycles. The molecule has 1 amide bonds. The van der Waals surface area contributed by atoms with Gasteiger partial charge in [0, 0.05) is 19.1 Å². The molecule has 0 spiro atoms. The fourth-order valence-corrected chi connectivity index (χ4v) is 2.07. The first-order valence-corrected chi connectivity index (χ1v) is 5.98. The number of halogens is 1. The van der Waals surface area contributed by atoms with E-state index in [-0.39, 0.29) is 24.4 Å². The van der Waals surface area contributed by atoms with Crippen LogP contribution in [0.1, 0.15) is 25.7 Å². The lowest BCUT2D eigenvalue weighted by Crippen LogP contribution is -2.47. The number of hydrogen-bond donors (Lipinski definition) is 2. The highest BCUT2D eigenvalue weighted by Gasteiger charge is 2.23. The van der Waals surface area contributed by atoms with Gasteiger partial charge in [-0.1, -0.05) is 0 Å². The van der Waals surface area contributed by atoms with Crippen molar-refractivity contribution in [1.82, 2.24) is 10.2 Å². The molecule has 0 unspecified atom stereocenters. The van der Waals surface area contributed by atoms with Crippen molar-refractivity contribution < 1.29 is 4.79 Å². The Bertz CT molecular complexity index is 233. The van der Waals surface area contributed by atoms with E-state index in [9.17, 15) is 4.79 Å². The Hall–Kier alpha value is -0.320. The highest BCUT2D eigenvalue weighted by molar-refractivity contribution is 5.85. The molecule has 1 aliphatic carbocycles. The Morgan fingerprint density at radius 3 is 2.75 bits per heavy atom. The van der Waals surface area contributed by atoms with Crippen LogP contribution < -0.4 is 11.1 Å². The summed E-state index contributed by atoms with van der Waals surface area (Å²) in [7, 11) is 0. The van der Waals surface area contributed by atoms with E-state index in [1.54, 1.807) is 0 Å². The maximum atomic E-state index is 11.6. The summed E-state index contributed by atoms with van der Waals surface area (Å²) >= 11 is 0. The average Bonchev–Trinajstić information content (AvgIpc) is 2.98. The molecule has 0 radical (unpaired) electrons. The van der Waals surface area contributed by atoms with E-state index in [2.05, 4.69) is 10.2 Å². The van der Waals surface area contributed by atoms with Gasteiger partial charge in [0.25, 0.3) is 0 Å². The third-order valence-electron chi connectivity index (χ3n) is 3.19. The number of nitrogens with zero attached hydrogens (tertiary/aromatic N) is 1. The van der Waals surface area contributed by atoms with Crippen LogP contribution in [0.3, 0.4) is 0 Å². The summed E-state index contributed by atoms with van der Waals surface area (Å²) in [5, 5.41) is 2.99. The van der Waals surface area contributed by atoms with Gasteiger partial charge in [-0.3, -0.25) is 9.69 Å². The second-order valence-electron chi connectivity index (χ2n) is 4.88. The quantitative estimate of drug-likeness (QED) is 0.754. The van der Waals surface area contributed by atoms with Crippen molar-refractivity contribution in [2.24, 2.45) is 11.7 Å². The van der Waals surface area contributed by atoms with Crippen LogP contribution in [0.15, 0.2) is 0 Å². The van der Waals surface area contributed by atoms with Crippen LogP contribution in [-0.2, 0) is 4.79 Å². The van der Waals surface area contributed by atoms with E-state index >= 15 is 0 Å². The lowest BCUT2D eigenvalue weighted by atomic mass is 10.1. The Labute approximate surface area is 103 Å². The molecule has 2 rings (SSSR count). The third kappa shape index (κ3) is 4.68. The summed E-state index contributed by atoms with van der Waals surface area (Å²) in [6, 6.07) is 0.259. The SMILES string of the molecule is Cl.N[C@@H]1CCCN(CC(=O)NCC2CC2)C1. The number of nitrogens with two attached hydrogens (primary N) is 1. The van der Waals surface area contributed by atoms with Gasteiger partial charge in [0.05, 0.1) is 6.54 Å². The van der Waals surface area contributed by atoms with Gasteiger partial charge in [-0.2, -0.15) is 0 Å². The van der Waals surface area contributed by atoms with E-state index in [1.807, 2.05) is 0 Å². The second-order valence-corrected chi connectivity index (χ2v) is 4.88. The van der Waals surface area contributed by atoms with Crippen LogP contribution in [0.5, 0.6) is 0 Å². The van der Waals surface area contributed by atoms with Crippen molar-refractivity contribution in [3.05, 3.63) is 0 Å². The van der Waals surface area contributed by atoms with E-state index in [0.29, 0.717) is 6.54 Å². The van der Waals surface area contributed by atoms with Crippen molar-refractivity contribution in [2.75, 3.05) is 26.2 Å². The van der Waals surface area contributed by atoms with Crippen molar-refractivity contribution in [3.63, 3.8) is 0 Å². The Morgan fingerprint density at radius 2 is 2.12 bits per heavy atom. The molecule has 1 saturated carbocycles. The summed E-state index contributed by atoms with van der Waals surface area (Å²) in [4.78, 5) is 13.7. The van der Waals surface area contributed by atoms with E-state index in [0.717, 1.165) is 38.4 Å². The molecular weight excluding hydrogens is 226 g/mol. The minimum Gasteiger partial charge on any atom is -0.355 e. The summed E-state index contributed by atoms with van der Waals surface area (Å²) in [6.45, 7) is 3.29. The number of amides is 1. The smallest absolute Gasteiger partial charge is 0.234 e. The van der Waals surface area contributed by atoms with Crippen molar-refractivity contribution in [2.45, 2.75) is 31.7 Å². The van der Waals surface area contributed by atoms with Crippen LogP contribution in [0.2, 0.25) is 0 Å². The topological polar surface area (TPSA) is 58.4 Å². The number of carbonyl (C=O) groups excluding carboxylic acids is 1. The molecule has 1 saturated heterocycles. The number of hydrogen-bond acceptors (Lipinski definition) is 3. The normalized spacial score (nSPS) is 25.9. The van der Waals surface area contributed by atoms with Crippen molar-refractivity contribution >= 4 is 18.3 Å². The monoisotopic (exact) mass is 247 g/mol. The molecule has 5 heteroatoms. The highest BCUT2D eigenvalue weighted by atomic mass is 35.5. The molecule has 4 nitrogen and oxygen atoms in total. The zero-order valence-electron chi connectivity index (χ0n) is 9.65. The maximum Gasteiger partial charge on any atom is 0.234 e. The summed E-state index contributed by atoms with van der Waals surface area (Å²) in [5.41, 5.74) is 5.86. The van der Waals surface area contributed by atoms with Crippen LogP contribution in [0.4, 0.5) is 0 Å². The standard InChI is InChI=1S/C11H21N3O.ClH/c12-10-2-1-5-14(7-10)8-11(15)13-6-9-3-4-9;/h9-10H,1-8,12H2,(H,13,15);1H/t10-;/m1./s1. The van der Waals surface area contributed by atoms with Gasteiger partial charge in [-0.05, 0) is 38.1 Å². The molecule has 1 aliphatic heterocycles. The van der Waals surface area contributed by atoms with Crippen LogP contribution >= 0.6 is 12.4 Å². The van der Waals surface area contributed by atoms with Crippen LogP contribution in [0, 0.1) is 5.92 Å². The molecule has 1 heterocycles. The van der Waals surface area contributed by atoms with Gasteiger partial charge in [0.1, 0.15) is 0 Å². The zero-order chi connectivity index (χ0) is 10.7. The van der Waals surface area contributed by atoms with Crippen LogP contribution in [-0.4, -0.2) is 43.0 Å². The van der Waals surface area contributed by atoms with E-state index in [1.165, 1.54) is 12.8 Å². The number of carbonyl (C=O) groups is 1. The number of rotatable bonds is 4. The average molecular weight is 248 g/mol. The number of likely N-dealkylation sites (tertiary alicyclic amines) is 1. The molecule has 0 aromatic rings. The largest absolute Gasteiger partial charge is 0.355 e. The predicted octanol–water partition coefficient (Wildman–Crippen LogP) is 0.357. The lowest BCUT2D eigenvalue weighted by molar-refractivity contribution is -0.122. The molecule has 2 fully saturated rings. The molecule has 94 valence electrons. The predicted molar refractivity (Wildman–Crippen MR) is 66.6 cm³/mol. The number of piperidine rings is 1. The number of nitrogens with one attached hydrogen (secondary N) is 1. The minimum absolute atomic E-state index is 0. The summed E-state index contributed by atoms with van der Waals surface area (Å²) < 4.78 is 0. The van der Waals surface area contributed by atoms with Crippen molar-refractivity contribution in [1.29, 1.82) is 0 Å². The molecule has 16 heavy (non-hydrogen) atoms. The fourth-order valence-electron chi connectivity index (χ4n) is 2.07. The van der Waals surface area contributed by atoms with Crippen molar-refractivity contribution in [3.8, 4) is 0 Å². The third-order valence-corrected chi connectivity index (χ3v) is 3.19. The fraction of sp³-hybridized carbons (Fsp3) is 0.909. The van der Waals surface area contributed by atoms with E-state index < -0.39 is 0 Å². The van der Waals surface area contributed by atoms with E-state index in [4.69, 9.17) is 5.73 Å². The molecule has 1 atom stereocenters. The zero-order valence-corrected chi connectivity index (χ0v) is 10.5. The van der Waals surface area contributed by atoms with Gasteiger partial charge < -0.3 is 11.1 Å². The Morgan fingerprint density at radius 1 is 1.38 bits per heavy atom. The summed E-state index contributed by atoms with van der Waals surface area (Å²) in [6.07, 6.45) is 4.79. The van der Waals surface area contributed by atoms with Gasteiger partial charge in [0.2, 0.25) is 5.91 Å². The first kappa shape index (κ1) is 13.7. The van der Waals surface area contributed by atoms with Gasteiger partial charge >= 0.3 is 0 Å². The molecular formula is C11H22ClN3O. The molecule has 0 bridgehead atoms. The van der Waals surface area contributed by atoms with Gasteiger partial charge in [-0.25, -0.2) is 0 Å². The maximum absolute atomic E-state index is 11.6. The highest BCUT2D eigenvalue weighted by Crippen LogP contribution is 2.27. The molecule has 0 aromatic heterocycles. The Kier molecular flexibility index (Phi) is 5.52. The lowest BCUT2D eigenvalue weighted by Gasteiger charge is -2.29. The van der Waals surface area contributed by atoms with Gasteiger partial charge in [-0.15, -0.1) is 12.4 Å². The molecule has 2 aliphatic rings. The first-order valence-electron chi connectivity index (χ1n) is 5.98. The first-order chi connectivity index (χ1) is 7.24. The summed E-state index contributed by atoms with van der Waals surface area (Å²) in [5.74, 6) is 0.925. The second kappa shape index (κ2) is 6.42. The minimum atomic E-state index is 0.